The minimum absolute atomic E-state index is 0.0517. The summed E-state index contributed by atoms with van der Waals surface area (Å²) in [5.74, 6) is -0.644. The molecule has 0 aliphatic rings. The van der Waals surface area contributed by atoms with E-state index >= 15 is 0 Å². The van der Waals surface area contributed by atoms with Gasteiger partial charge in [0, 0.05) is 23.6 Å². The number of hydrogen-bond acceptors (Lipinski definition) is 5. The molecule has 3 aromatic rings. The number of carboxylic acid groups (broad SMARTS) is 1. The van der Waals surface area contributed by atoms with Gasteiger partial charge in [-0.25, -0.2) is 9.78 Å². The maximum atomic E-state index is 11.0. The van der Waals surface area contributed by atoms with Crippen molar-refractivity contribution in [2.24, 2.45) is 0 Å². The molecule has 0 aliphatic heterocycles. The van der Waals surface area contributed by atoms with Gasteiger partial charge < -0.3 is 15.2 Å². The van der Waals surface area contributed by atoms with Crippen molar-refractivity contribution >= 4 is 17.3 Å². The molecule has 0 saturated carbocycles. The largest absolute Gasteiger partial charge is 0.487 e. The zero-order chi connectivity index (χ0) is 18.4. The molecule has 0 bridgehead atoms. The summed E-state index contributed by atoms with van der Waals surface area (Å²) in [4.78, 5) is 14.8. The molecule has 0 amide bonds. The van der Waals surface area contributed by atoms with Gasteiger partial charge in [-0.15, -0.1) is 0 Å². The number of pyridine rings is 1. The quantitative estimate of drug-likeness (QED) is 0.702. The van der Waals surface area contributed by atoms with E-state index in [1.807, 2.05) is 30.3 Å². The van der Waals surface area contributed by atoms with Gasteiger partial charge in [0.25, 0.3) is 0 Å². The maximum absolute atomic E-state index is 11.0. The number of benzene rings is 2. The van der Waals surface area contributed by atoms with Crippen molar-refractivity contribution in [1.82, 2.24) is 4.98 Å². The third-order valence-electron chi connectivity index (χ3n) is 3.61. The number of nitrogens with zero attached hydrogens (tertiary/aromatic N) is 2. The molecule has 1 heterocycles. The minimum Gasteiger partial charge on any atom is -0.487 e. The summed E-state index contributed by atoms with van der Waals surface area (Å²) in [6.45, 7) is 0.345. The average Bonchev–Trinajstić information content (AvgIpc) is 2.67. The molecule has 1 aromatic heterocycles. The van der Waals surface area contributed by atoms with Gasteiger partial charge in [-0.2, -0.15) is 5.26 Å². The van der Waals surface area contributed by atoms with Crippen LogP contribution >= 0.6 is 0 Å². The molecule has 0 fully saturated rings. The van der Waals surface area contributed by atoms with Crippen molar-refractivity contribution in [2.75, 3.05) is 5.32 Å². The van der Waals surface area contributed by atoms with Crippen LogP contribution in [0, 0.1) is 11.3 Å². The summed E-state index contributed by atoms with van der Waals surface area (Å²) >= 11 is 0. The predicted octanol–water partition coefficient (Wildman–Crippen LogP) is 3.97. The standard InChI is InChI=1S/C20H15N3O3/c21-12-15-6-7-16(23-17-8-9-22-18(10-17)20(24)25)11-19(15)26-13-14-4-2-1-3-5-14/h1-11H,13H2,(H,22,23)(H,24,25). The van der Waals surface area contributed by atoms with Gasteiger partial charge in [-0.1, -0.05) is 30.3 Å². The second kappa shape index (κ2) is 7.81. The Morgan fingerprint density at radius 2 is 1.88 bits per heavy atom. The molecule has 128 valence electrons. The molecule has 0 unspecified atom stereocenters. The monoisotopic (exact) mass is 345 g/mol. The highest BCUT2D eigenvalue weighted by atomic mass is 16.5. The summed E-state index contributed by atoms with van der Waals surface area (Å²) in [5, 5.41) is 21.4. The molecule has 6 nitrogen and oxygen atoms in total. The van der Waals surface area contributed by atoms with Gasteiger partial charge in [0.05, 0.1) is 5.56 Å². The number of anilines is 2. The molecule has 2 aromatic carbocycles. The number of aromatic carboxylic acids is 1. The smallest absolute Gasteiger partial charge is 0.354 e. The van der Waals surface area contributed by atoms with Crippen LogP contribution < -0.4 is 10.1 Å². The molecule has 0 spiro atoms. The van der Waals surface area contributed by atoms with Crippen LogP contribution in [0.2, 0.25) is 0 Å². The van der Waals surface area contributed by atoms with E-state index in [0.29, 0.717) is 29.3 Å². The van der Waals surface area contributed by atoms with Gasteiger partial charge in [0.2, 0.25) is 0 Å². The number of hydrogen-bond donors (Lipinski definition) is 2. The van der Waals surface area contributed by atoms with Crippen LogP contribution in [0.4, 0.5) is 11.4 Å². The van der Waals surface area contributed by atoms with Crippen LogP contribution in [0.5, 0.6) is 5.75 Å². The van der Waals surface area contributed by atoms with Crippen molar-refractivity contribution in [2.45, 2.75) is 6.61 Å². The molecule has 2 N–H and O–H groups in total. The Bertz CT molecular complexity index is 966. The van der Waals surface area contributed by atoms with E-state index in [9.17, 15) is 10.1 Å². The second-order valence-corrected chi connectivity index (χ2v) is 5.46. The molecule has 0 atom stereocenters. The van der Waals surface area contributed by atoms with Crippen LogP contribution in [-0.2, 0) is 6.61 Å². The first-order chi connectivity index (χ1) is 12.7. The fourth-order valence-electron chi connectivity index (χ4n) is 2.34. The Kier molecular flexibility index (Phi) is 5.11. The first-order valence-corrected chi connectivity index (χ1v) is 7.83. The van der Waals surface area contributed by atoms with Crippen LogP contribution in [0.15, 0.2) is 66.9 Å². The Morgan fingerprint density at radius 1 is 1.12 bits per heavy atom. The summed E-state index contributed by atoms with van der Waals surface area (Å²) in [7, 11) is 0. The van der Waals surface area contributed by atoms with Crippen molar-refractivity contribution < 1.29 is 14.6 Å². The minimum atomic E-state index is -1.10. The fourth-order valence-corrected chi connectivity index (χ4v) is 2.34. The molecule has 0 aliphatic carbocycles. The third kappa shape index (κ3) is 4.16. The molecule has 26 heavy (non-hydrogen) atoms. The maximum Gasteiger partial charge on any atom is 0.354 e. The Morgan fingerprint density at radius 3 is 2.62 bits per heavy atom. The number of nitriles is 1. The highest BCUT2D eigenvalue weighted by Gasteiger charge is 2.08. The Balaban J connectivity index is 1.80. The number of rotatable bonds is 6. The summed E-state index contributed by atoms with van der Waals surface area (Å²) in [6.07, 6.45) is 1.42. The Labute approximate surface area is 150 Å². The number of carboxylic acids is 1. The molecular formula is C20H15N3O3. The number of carbonyl (C=O) groups is 1. The highest BCUT2D eigenvalue weighted by Crippen LogP contribution is 2.26. The normalized spacial score (nSPS) is 9.96. The first-order valence-electron chi connectivity index (χ1n) is 7.83. The van der Waals surface area contributed by atoms with Crippen LogP contribution in [0.1, 0.15) is 21.6 Å². The number of nitrogens with one attached hydrogen (secondary N) is 1. The lowest BCUT2D eigenvalue weighted by Gasteiger charge is -2.12. The summed E-state index contributed by atoms with van der Waals surface area (Å²) in [6, 6.07) is 20.0. The SMILES string of the molecule is N#Cc1ccc(Nc2ccnc(C(=O)O)c2)cc1OCc1ccccc1. The van der Waals surface area contributed by atoms with Crippen molar-refractivity contribution in [1.29, 1.82) is 5.26 Å². The lowest BCUT2D eigenvalue weighted by Crippen LogP contribution is -2.01. The van der Waals surface area contributed by atoms with E-state index in [2.05, 4.69) is 16.4 Å². The van der Waals surface area contributed by atoms with Crippen LogP contribution in [0.25, 0.3) is 0 Å². The summed E-state index contributed by atoms with van der Waals surface area (Å²) < 4.78 is 5.79. The van der Waals surface area contributed by atoms with E-state index in [0.717, 1.165) is 5.56 Å². The number of aromatic nitrogens is 1. The fraction of sp³-hybridized carbons (Fsp3) is 0.0500. The average molecular weight is 345 g/mol. The topological polar surface area (TPSA) is 95.2 Å². The zero-order valence-electron chi connectivity index (χ0n) is 13.7. The molecule has 0 radical (unpaired) electrons. The zero-order valence-corrected chi connectivity index (χ0v) is 13.7. The molecule has 0 saturated heterocycles. The molecule has 3 rings (SSSR count). The van der Waals surface area contributed by atoms with Crippen molar-refractivity contribution in [3.8, 4) is 11.8 Å². The molecular weight excluding hydrogens is 330 g/mol. The molecule has 6 heteroatoms. The van der Waals surface area contributed by atoms with Gasteiger partial charge in [0.1, 0.15) is 24.1 Å². The van der Waals surface area contributed by atoms with Gasteiger partial charge in [-0.3, -0.25) is 0 Å². The van der Waals surface area contributed by atoms with Crippen LogP contribution in [0.3, 0.4) is 0 Å². The highest BCUT2D eigenvalue weighted by molar-refractivity contribution is 5.86. The van der Waals surface area contributed by atoms with Crippen molar-refractivity contribution in [3.63, 3.8) is 0 Å². The van der Waals surface area contributed by atoms with E-state index in [1.165, 1.54) is 12.3 Å². The third-order valence-corrected chi connectivity index (χ3v) is 3.61. The lowest BCUT2D eigenvalue weighted by atomic mass is 10.2. The number of ether oxygens (including phenoxy) is 1. The predicted molar refractivity (Wildman–Crippen MR) is 96.4 cm³/mol. The summed E-state index contributed by atoms with van der Waals surface area (Å²) in [5.41, 5.74) is 2.62. The van der Waals surface area contributed by atoms with Gasteiger partial charge in [0.15, 0.2) is 0 Å². The first kappa shape index (κ1) is 17.0. The van der Waals surface area contributed by atoms with Gasteiger partial charge in [-0.05, 0) is 29.8 Å². The van der Waals surface area contributed by atoms with E-state index in [1.54, 1.807) is 24.3 Å². The second-order valence-electron chi connectivity index (χ2n) is 5.46. The van der Waals surface area contributed by atoms with E-state index in [-0.39, 0.29) is 5.69 Å². The van der Waals surface area contributed by atoms with Crippen LogP contribution in [-0.4, -0.2) is 16.1 Å². The van der Waals surface area contributed by atoms with E-state index < -0.39 is 5.97 Å². The van der Waals surface area contributed by atoms with Crippen molar-refractivity contribution in [3.05, 3.63) is 83.7 Å². The Hall–Kier alpha value is -3.85. The van der Waals surface area contributed by atoms with E-state index in [4.69, 9.17) is 9.84 Å². The van der Waals surface area contributed by atoms with Gasteiger partial charge >= 0.3 is 5.97 Å². The lowest BCUT2D eigenvalue weighted by molar-refractivity contribution is 0.0690.